The number of carbonyl (C=O) groups is 1. The molecule has 2 N–H and O–H groups in total. The Morgan fingerprint density at radius 2 is 2.29 bits per heavy atom. The van der Waals surface area contributed by atoms with Crippen LogP contribution >= 0.6 is 0 Å². The third-order valence-electron chi connectivity index (χ3n) is 1.93. The molecule has 0 saturated heterocycles. The maximum absolute atomic E-state index is 10.8. The van der Waals surface area contributed by atoms with Crippen molar-refractivity contribution in [2.24, 2.45) is 0 Å². The summed E-state index contributed by atoms with van der Waals surface area (Å²) in [7, 11) is 1.27. The van der Waals surface area contributed by atoms with E-state index >= 15 is 0 Å². The summed E-state index contributed by atoms with van der Waals surface area (Å²) in [5, 5.41) is 10.5. The second kappa shape index (κ2) is 5.51. The Morgan fingerprint density at radius 1 is 1.59 bits per heavy atom. The Balaban J connectivity index is 2.86. The van der Waals surface area contributed by atoms with Crippen LogP contribution in [-0.2, 0) is 9.53 Å². The van der Waals surface area contributed by atoms with Crippen molar-refractivity contribution < 1.29 is 14.5 Å². The van der Waals surface area contributed by atoms with Crippen LogP contribution in [0.5, 0.6) is 0 Å². The van der Waals surface area contributed by atoms with Gasteiger partial charge in [0.1, 0.15) is 6.42 Å². The van der Waals surface area contributed by atoms with Crippen LogP contribution < -0.4 is 5.73 Å². The van der Waals surface area contributed by atoms with E-state index in [1.165, 1.54) is 25.3 Å². The lowest BCUT2D eigenvalue weighted by molar-refractivity contribution is -0.384. The van der Waals surface area contributed by atoms with Crippen LogP contribution in [0.1, 0.15) is 12.0 Å². The number of anilines is 1. The van der Waals surface area contributed by atoms with Gasteiger partial charge in [0.25, 0.3) is 5.69 Å². The van der Waals surface area contributed by atoms with E-state index in [9.17, 15) is 14.9 Å². The summed E-state index contributed by atoms with van der Waals surface area (Å²) >= 11 is 0. The van der Waals surface area contributed by atoms with Gasteiger partial charge in [0.15, 0.2) is 0 Å². The van der Waals surface area contributed by atoms with Gasteiger partial charge < -0.3 is 10.5 Å². The number of nitrogen functional groups attached to an aromatic ring is 1. The molecule has 1 aromatic rings. The van der Waals surface area contributed by atoms with Crippen LogP contribution in [0.4, 0.5) is 11.4 Å². The molecule has 0 aliphatic rings. The molecule has 17 heavy (non-hydrogen) atoms. The lowest BCUT2D eigenvalue weighted by Gasteiger charge is -1.97. The van der Waals surface area contributed by atoms with E-state index < -0.39 is 10.9 Å². The summed E-state index contributed by atoms with van der Waals surface area (Å²) in [6, 6.07) is 3.97. The first-order chi connectivity index (χ1) is 8.04. The third kappa shape index (κ3) is 3.50. The molecule has 0 spiro atoms. The first-order valence-corrected chi connectivity index (χ1v) is 4.64. The number of ether oxygens (including phenoxy) is 1. The Morgan fingerprint density at radius 3 is 2.82 bits per heavy atom. The molecule has 1 aromatic carbocycles. The summed E-state index contributed by atoms with van der Waals surface area (Å²) in [5.41, 5.74) is 6.14. The van der Waals surface area contributed by atoms with E-state index in [0.717, 1.165) is 0 Å². The highest BCUT2D eigenvalue weighted by Gasteiger charge is 2.07. The first-order valence-electron chi connectivity index (χ1n) is 4.64. The van der Waals surface area contributed by atoms with Crippen molar-refractivity contribution in [3.05, 3.63) is 33.9 Å². The van der Waals surface area contributed by atoms with Gasteiger partial charge in [-0.2, -0.15) is 0 Å². The zero-order valence-corrected chi connectivity index (χ0v) is 9.10. The SMILES string of the molecule is COC(=O)CC#Cc1ccc([N+](=O)[O-])cc1N. The van der Waals surface area contributed by atoms with Crippen LogP contribution in [0.3, 0.4) is 0 Å². The minimum absolute atomic E-state index is 0.0487. The normalized spacial score (nSPS) is 9.00. The minimum atomic E-state index is -0.540. The zero-order valence-electron chi connectivity index (χ0n) is 9.10. The highest BCUT2D eigenvalue weighted by molar-refractivity contribution is 5.72. The molecule has 0 aliphatic carbocycles. The van der Waals surface area contributed by atoms with Crippen LogP contribution in [0.25, 0.3) is 0 Å². The Labute approximate surface area is 97.5 Å². The molecule has 0 unspecified atom stereocenters. The number of benzene rings is 1. The van der Waals surface area contributed by atoms with Gasteiger partial charge in [0.05, 0.1) is 17.7 Å². The summed E-state index contributed by atoms with van der Waals surface area (Å²) < 4.78 is 4.41. The number of carbonyl (C=O) groups excluding carboxylic acids is 1. The van der Waals surface area contributed by atoms with Gasteiger partial charge in [0, 0.05) is 17.7 Å². The largest absolute Gasteiger partial charge is 0.468 e. The molecule has 0 atom stereocenters. The highest BCUT2D eigenvalue weighted by Crippen LogP contribution is 2.18. The van der Waals surface area contributed by atoms with Crippen molar-refractivity contribution in [3.63, 3.8) is 0 Å². The van der Waals surface area contributed by atoms with Gasteiger partial charge in [0.2, 0.25) is 0 Å². The molecule has 1 rings (SSSR count). The van der Waals surface area contributed by atoms with E-state index in [4.69, 9.17) is 5.73 Å². The third-order valence-corrected chi connectivity index (χ3v) is 1.93. The van der Waals surface area contributed by atoms with Gasteiger partial charge >= 0.3 is 5.97 Å². The monoisotopic (exact) mass is 234 g/mol. The van der Waals surface area contributed by atoms with Gasteiger partial charge in [-0.3, -0.25) is 14.9 Å². The van der Waals surface area contributed by atoms with Crippen molar-refractivity contribution in [1.29, 1.82) is 0 Å². The average molecular weight is 234 g/mol. The van der Waals surface area contributed by atoms with Crippen LogP contribution in [-0.4, -0.2) is 18.0 Å². The van der Waals surface area contributed by atoms with Crippen molar-refractivity contribution >= 4 is 17.3 Å². The van der Waals surface area contributed by atoms with Gasteiger partial charge in [-0.25, -0.2) is 0 Å². The van der Waals surface area contributed by atoms with Crippen molar-refractivity contribution in [1.82, 2.24) is 0 Å². The van der Waals surface area contributed by atoms with E-state index in [1.807, 2.05) is 0 Å². The number of hydrogen-bond acceptors (Lipinski definition) is 5. The van der Waals surface area contributed by atoms with Crippen molar-refractivity contribution in [2.45, 2.75) is 6.42 Å². The fourth-order valence-electron chi connectivity index (χ4n) is 1.06. The fraction of sp³-hybridized carbons (Fsp3) is 0.182. The quantitative estimate of drug-likeness (QED) is 0.272. The number of esters is 1. The Bertz CT molecular complexity index is 514. The van der Waals surface area contributed by atoms with Crippen molar-refractivity contribution in [2.75, 3.05) is 12.8 Å². The first kappa shape index (κ1) is 12.5. The molecule has 0 radical (unpaired) electrons. The number of rotatable bonds is 2. The van der Waals surface area contributed by atoms with Crippen LogP contribution in [0.15, 0.2) is 18.2 Å². The number of nitro groups is 1. The zero-order chi connectivity index (χ0) is 12.8. The molecule has 6 nitrogen and oxygen atoms in total. The molecular formula is C11H10N2O4. The summed E-state index contributed by atoms with van der Waals surface area (Å²) in [5.74, 6) is 4.77. The summed E-state index contributed by atoms with van der Waals surface area (Å²) in [4.78, 5) is 20.7. The predicted molar refractivity (Wildman–Crippen MR) is 61.0 cm³/mol. The number of nitrogens with two attached hydrogens (primary N) is 1. The Kier molecular flexibility index (Phi) is 4.06. The van der Waals surface area contributed by atoms with Crippen molar-refractivity contribution in [3.8, 4) is 11.8 Å². The molecule has 0 amide bonds. The van der Waals surface area contributed by atoms with Gasteiger partial charge in [-0.05, 0) is 6.07 Å². The standard InChI is InChI=1S/C11H10N2O4/c1-17-11(14)4-2-3-8-5-6-9(13(15)16)7-10(8)12/h5-7H,4,12H2,1H3. The average Bonchev–Trinajstić information content (AvgIpc) is 2.30. The maximum Gasteiger partial charge on any atom is 0.317 e. The van der Waals surface area contributed by atoms with Crippen LogP contribution in [0.2, 0.25) is 0 Å². The van der Waals surface area contributed by atoms with E-state index in [0.29, 0.717) is 5.56 Å². The summed E-state index contributed by atoms with van der Waals surface area (Å²) in [6.07, 6.45) is -0.0487. The second-order valence-corrected chi connectivity index (χ2v) is 3.08. The van der Waals surface area contributed by atoms with Gasteiger partial charge in [-0.1, -0.05) is 11.8 Å². The maximum atomic E-state index is 10.8. The van der Waals surface area contributed by atoms with Gasteiger partial charge in [-0.15, -0.1) is 0 Å². The van der Waals surface area contributed by atoms with E-state index in [-0.39, 0.29) is 17.8 Å². The molecule has 88 valence electrons. The fourth-order valence-corrected chi connectivity index (χ4v) is 1.06. The number of methoxy groups -OCH3 is 1. The lowest BCUT2D eigenvalue weighted by atomic mass is 10.1. The van der Waals surface area contributed by atoms with E-state index in [2.05, 4.69) is 16.6 Å². The minimum Gasteiger partial charge on any atom is -0.468 e. The molecule has 0 saturated carbocycles. The summed E-state index contributed by atoms with van der Waals surface area (Å²) in [6.45, 7) is 0. The molecule has 0 heterocycles. The topological polar surface area (TPSA) is 95.5 Å². The molecule has 0 aromatic heterocycles. The molecule has 0 fully saturated rings. The van der Waals surface area contributed by atoms with Crippen LogP contribution in [0, 0.1) is 22.0 Å². The molecule has 0 bridgehead atoms. The molecule has 0 aliphatic heterocycles. The second-order valence-electron chi connectivity index (χ2n) is 3.08. The number of nitro benzene ring substituents is 1. The smallest absolute Gasteiger partial charge is 0.317 e. The lowest BCUT2D eigenvalue weighted by Crippen LogP contribution is -1.97. The highest BCUT2D eigenvalue weighted by atomic mass is 16.6. The Hall–Kier alpha value is -2.55. The molecular weight excluding hydrogens is 224 g/mol. The number of hydrogen-bond donors (Lipinski definition) is 1. The molecule has 6 heteroatoms. The number of nitrogens with zero attached hydrogens (tertiary/aromatic N) is 1. The predicted octanol–water partition coefficient (Wildman–Crippen LogP) is 1.09. The van der Waals surface area contributed by atoms with E-state index in [1.54, 1.807) is 0 Å². The number of non-ortho nitro benzene ring substituents is 1.